The number of aliphatic imine (C=N–C) groups is 1. The zero-order chi connectivity index (χ0) is 22.5. The molecule has 164 valence electrons. The minimum atomic E-state index is -3.90. The van der Waals surface area contributed by atoms with Gasteiger partial charge in [-0.1, -0.05) is 66.9 Å². The Bertz CT molecular complexity index is 1320. The Morgan fingerprint density at radius 1 is 1.03 bits per heavy atom. The third-order valence-electron chi connectivity index (χ3n) is 6.22. The highest BCUT2D eigenvalue weighted by atomic mass is 35.5. The molecular weight excluding hydrogens is 442 g/mol. The molecule has 2 aliphatic heterocycles. The number of aromatic nitrogens is 1. The summed E-state index contributed by atoms with van der Waals surface area (Å²) in [5.41, 5.74) is 5.01. The lowest BCUT2D eigenvalue weighted by atomic mass is 9.87. The van der Waals surface area contributed by atoms with Crippen LogP contribution in [-0.4, -0.2) is 19.1 Å². The van der Waals surface area contributed by atoms with E-state index in [4.69, 9.17) is 16.6 Å². The maximum Gasteiger partial charge on any atom is 0.265 e. The third-order valence-corrected chi connectivity index (χ3v) is 8.32. The second kappa shape index (κ2) is 8.01. The largest absolute Gasteiger partial charge is 0.278 e. The van der Waals surface area contributed by atoms with Crippen molar-refractivity contribution in [3.63, 3.8) is 0 Å². The van der Waals surface area contributed by atoms with Crippen LogP contribution in [0.5, 0.6) is 0 Å². The first-order chi connectivity index (χ1) is 15.4. The van der Waals surface area contributed by atoms with E-state index in [1.54, 1.807) is 24.4 Å². The molecule has 3 aromatic rings. The fourth-order valence-corrected chi connectivity index (χ4v) is 6.54. The number of benzene rings is 2. The van der Waals surface area contributed by atoms with Gasteiger partial charge in [-0.15, -0.1) is 0 Å². The summed E-state index contributed by atoms with van der Waals surface area (Å²) < 4.78 is 29.8. The molecule has 0 fully saturated rings. The number of hydrogen-bond acceptors (Lipinski definition) is 4. The summed E-state index contributed by atoms with van der Waals surface area (Å²) in [6.07, 6.45) is 4.23. The average Bonchev–Trinajstić information content (AvgIpc) is 3.01. The van der Waals surface area contributed by atoms with Crippen LogP contribution in [0.2, 0.25) is 5.15 Å². The smallest absolute Gasteiger partial charge is 0.265 e. The zero-order valence-corrected chi connectivity index (χ0v) is 19.6. The van der Waals surface area contributed by atoms with Gasteiger partial charge in [0.05, 0.1) is 10.6 Å². The Morgan fingerprint density at radius 3 is 2.47 bits per heavy atom. The monoisotopic (exact) mass is 465 g/mol. The van der Waals surface area contributed by atoms with E-state index in [0.717, 1.165) is 41.7 Å². The molecule has 3 heterocycles. The topological polar surface area (TPSA) is 62.6 Å². The molecular formula is C25H24ClN3O2S. The molecule has 0 radical (unpaired) electrons. The average molecular weight is 466 g/mol. The maximum absolute atomic E-state index is 14.1. The fourth-order valence-electron chi connectivity index (χ4n) is 4.65. The Balaban J connectivity index is 1.82. The van der Waals surface area contributed by atoms with Crippen molar-refractivity contribution in [1.82, 2.24) is 4.98 Å². The molecule has 7 heteroatoms. The van der Waals surface area contributed by atoms with Crippen molar-refractivity contribution in [1.29, 1.82) is 0 Å². The van der Waals surface area contributed by atoms with Crippen molar-refractivity contribution in [2.75, 3.05) is 4.31 Å². The van der Waals surface area contributed by atoms with Gasteiger partial charge in [0.2, 0.25) is 0 Å². The van der Waals surface area contributed by atoms with E-state index in [9.17, 15) is 8.42 Å². The molecule has 1 aromatic heterocycles. The first-order valence-electron chi connectivity index (χ1n) is 10.8. The predicted octanol–water partition coefficient (Wildman–Crippen LogP) is 6.03. The van der Waals surface area contributed by atoms with Crippen LogP contribution in [0.4, 0.5) is 5.69 Å². The van der Waals surface area contributed by atoms with Crippen molar-refractivity contribution < 1.29 is 8.42 Å². The van der Waals surface area contributed by atoms with Gasteiger partial charge < -0.3 is 0 Å². The summed E-state index contributed by atoms with van der Waals surface area (Å²) in [6, 6.07) is 15.8. The molecule has 2 bridgehead atoms. The number of anilines is 1. The molecule has 0 unspecified atom stereocenters. The van der Waals surface area contributed by atoms with Crippen LogP contribution in [0, 0.1) is 6.92 Å². The molecule has 0 N–H and O–H groups in total. The van der Waals surface area contributed by atoms with E-state index in [0.29, 0.717) is 11.3 Å². The zero-order valence-electron chi connectivity index (χ0n) is 18.0. The van der Waals surface area contributed by atoms with Crippen LogP contribution in [0.1, 0.15) is 60.5 Å². The van der Waals surface area contributed by atoms with Crippen molar-refractivity contribution in [3.8, 4) is 0 Å². The van der Waals surface area contributed by atoms with Gasteiger partial charge in [-0.3, -0.25) is 9.30 Å². The number of hydrogen-bond donors (Lipinski definition) is 0. The van der Waals surface area contributed by atoms with E-state index < -0.39 is 16.1 Å². The minimum Gasteiger partial charge on any atom is -0.278 e. The summed E-state index contributed by atoms with van der Waals surface area (Å²) >= 11 is 6.61. The summed E-state index contributed by atoms with van der Waals surface area (Å²) in [4.78, 5) is 9.62. The molecule has 2 aliphatic rings. The Kier molecular flexibility index (Phi) is 5.30. The van der Waals surface area contributed by atoms with Crippen LogP contribution >= 0.6 is 11.6 Å². The van der Waals surface area contributed by atoms with Crippen LogP contribution < -0.4 is 4.31 Å². The summed E-state index contributed by atoms with van der Waals surface area (Å²) in [5.74, 6) is 0. The van der Waals surface area contributed by atoms with Gasteiger partial charge in [0.15, 0.2) is 0 Å². The molecule has 32 heavy (non-hydrogen) atoms. The molecule has 5 nitrogen and oxygen atoms in total. The third kappa shape index (κ3) is 3.24. The normalized spacial score (nSPS) is 19.2. The summed E-state index contributed by atoms with van der Waals surface area (Å²) in [7, 11) is -3.90. The van der Waals surface area contributed by atoms with Crippen molar-refractivity contribution in [2.24, 2.45) is 4.99 Å². The number of aryl methyl sites for hydroxylation is 1. The van der Waals surface area contributed by atoms with Crippen LogP contribution in [0.25, 0.3) is 0 Å². The number of halogens is 1. The first-order valence-corrected chi connectivity index (χ1v) is 12.7. The Morgan fingerprint density at radius 2 is 1.75 bits per heavy atom. The van der Waals surface area contributed by atoms with Gasteiger partial charge in [-0.05, 0) is 49.1 Å². The van der Waals surface area contributed by atoms with Crippen LogP contribution in [0.15, 0.2) is 70.7 Å². The van der Waals surface area contributed by atoms with Gasteiger partial charge in [0, 0.05) is 17.5 Å². The number of rotatable bonds is 5. The number of pyridine rings is 1. The highest BCUT2D eigenvalue weighted by Gasteiger charge is 2.46. The van der Waals surface area contributed by atoms with Gasteiger partial charge in [0.1, 0.15) is 17.2 Å². The molecule has 2 aromatic carbocycles. The lowest BCUT2D eigenvalue weighted by molar-refractivity contribution is 0.587. The molecule has 2 atom stereocenters. The lowest BCUT2D eigenvalue weighted by Crippen LogP contribution is -2.39. The molecule has 0 saturated heterocycles. The van der Waals surface area contributed by atoms with E-state index in [2.05, 4.69) is 11.9 Å². The second-order valence-electron chi connectivity index (χ2n) is 8.31. The molecule has 0 spiro atoms. The van der Waals surface area contributed by atoms with Gasteiger partial charge in [0.25, 0.3) is 10.0 Å². The van der Waals surface area contributed by atoms with E-state index >= 15 is 0 Å². The lowest BCUT2D eigenvalue weighted by Gasteiger charge is -2.34. The molecule has 0 amide bonds. The fraction of sp³-hybridized carbons (Fsp3) is 0.280. The maximum atomic E-state index is 14.1. The molecule has 5 rings (SSSR count). The Hall–Kier alpha value is -2.70. The number of unbranched alkanes of at least 4 members (excludes halogenated alkanes) is 1. The van der Waals surface area contributed by atoms with Crippen molar-refractivity contribution in [2.45, 2.75) is 50.1 Å². The highest BCUT2D eigenvalue weighted by molar-refractivity contribution is 7.92. The van der Waals surface area contributed by atoms with Crippen molar-refractivity contribution in [3.05, 3.63) is 88.2 Å². The van der Waals surface area contributed by atoms with Crippen LogP contribution in [-0.2, 0) is 10.0 Å². The quantitative estimate of drug-likeness (QED) is 0.432. The van der Waals surface area contributed by atoms with E-state index in [1.165, 1.54) is 4.31 Å². The van der Waals surface area contributed by atoms with E-state index in [1.807, 2.05) is 43.3 Å². The van der Waals surface area contributed by atoms with Gasteiger partial charge in [-0.25, -0.2) is 13.4 Å². The number of fused-ring (bicyclic) bond motifs is 2. The van der Waals surface area contributed by atoms with Gasteiger partial charge in [-0.2, -0.15) is 0 Å². The van der Waals surface area contributed by atoms with Gasteiger partial charge >= 0.3 is 0 Å². The molecule has 0 saturated carbocycles. The number of sulfonamides is 1. The summed E-state index contributed by atoms with van der Waals surface area (Å²) in [6.45, 7) is 4.07. The standard InChI is InChI=1S/C25H24ClN3O2S/c1-3-4-9-20-24-19-8-6-5-7-18(19)23(28-20)22-21(14-15-27-25(22)26)29(24)32(30,31)17-12-10-16(2)11-13-17/h5-8,10-15,23-24H,3-4,9H2,1-2H3/t23-,24-/m0/s1. The predicted molar refractivity (Wildman–Crippen MR) is 128 cm³/mol. The SMILES string of the molecule is CCCCC1=N[C@H]2c3ccccc3[C@@H]1N(S(=O)(=O)c1ccc(C)cc1)c1ccnc(Cl)c12. The molecule has 0 aliphatic carbocycles. The van der Waals surface area contributed by atoms with E-state index in [-0.39, 0.29) is 16.1 Å². The van der Waals surface area contributed by atoms with Crippen molar-refractivity contribution >= 4 is 33.0 Å². The number of nitrogens with zero attached hydrogens (tertiary/aromatic N) is 3. The minimum absolute atomic E-state index is 0.250. The highest BCUT2D eigenvalue weighted by Crippen LogP contribution is 2.52. The van der Waals surface area contributed by atoms with Crippen LogP contribution in [0.3, 0.4) is 0 Å². The first kappa shape index (κ1) is 21.2. The second-order valence-corrected chi connectivity index (χ2v) is 10.5. The Labute approximate surface area is 193 Å². The summed E-state index contributed by atoms with van der Waals surface area (Å²) in [5, 5.41) is 0.285.